The van der Waals surface area contributed by atoms with Crippen molar-refractivity contribution < 1.29 is 9.13 Å². The second kappa shape index (κ2) is 6.50. The third-order valence-electron chi connectivity index (χ3n) is 3.04. The Bertz CT molecular complexity index is 843. The van der Waals surface area contributed by atoms with Crippen LogP contribution in [0.2, 0.25) is 0 Å². The predicted octanol–water partition coefficient (Wildman–Crippen LogP) is 3.31. The van der Waals surface area contributed by atoms with Crippen molar-refractivity contribution in [3.63, 3.8) is 0 Å². The number of rotatable bonds is 5. The van der Waals surface area contributed by atoms with Crippen LogP contribution in [0.3, 0.4) is 0 Å². The van der Waals surface area contributed by atoms with Crippen molar-refractivity contribution >= 4 is 33.3 Å². The Hall–Kier alpha value is -1.86. The Morgan fingerprint density at radius 1 is 1.32 bits per heavy atom. The van der Waals surface area contributed by atoms with Crippen LogP contribution in [0.4, 0.5) is 4.39 Å². The van der Waals surface area contributed by atoms with Gasteiger partial charge in [0.25, 0.3) is 5.56 Å². The fourth-order valence-electron chi connectivity index (χ4n) is 1.92. The molecule has 0 saturated carbocycles. The first-order chi connectivity index (χ1) is 10.6. The lowest BCUT2D eigenvalue weighted by Crippen LogP contribution is -2.19. The van der Waals surface area contributed by atoms with Gasteiger partial charge in [0.2, 0.25) is 0 Å². The first kappa shape index (κ1) is 15.1. The first-order valence-electron chi connectivity index (χ1n) is 6.60. The zero-order valence-corrected chi connectivity index (χ0v) is 13.4. The highest BCUT2D eigenvalue weighted by Gasteiger charge is 2.09. The van der Waals surface area contributed by atoms with E-state index in [1.807, 2.05) is 11.4 Å². The molecule has 0 fully saturated rings. The van der Waals surface area contributed by atoms with E-state index in [1.165, 1.54) is 35.2 Å². The van der Waals surface area contributed by atoms with E-state index >= 15 is 0 Å². The van der Waals surface area contributed by atoms with Gasteiger partial charge >= 0.3 is 0 Å². The van der Waals surface area contributed by atoms with Crippen molar-refractivity contribution in [2.24, 2.45) is 7.05 Å². The van der Waals surface area contributed by atoms with Crippen LogP contribution in [-0.2, 0) is 7.05 Å². The summed E-state index contributed by atoms with van der Waals surface area (Å²) in [5.41, 5.74) is 0.706. The number of hydrogen-bond donors (Lipinski definition) is 0. The number of aromatic nitrogens is 2. The molecule has 0 aliphatic rings. The molecule has 114 valence electrons. The van der Waals surface area contributed by atoms with Gasteiger partial charge in [0.1, 0.15) is 16.3 Å². The Balaban J connectivity index is 1.63. The Kier molecular flexibility index (Phi) is 4.44. The number of halogens is 1. The number of ether oxygens (including phenoxy) is 1. The Morgan fingerprint density at radius 2 is 2.09 bits per heavy atom. The molecular weight excluding hydrogens is 323 g/mol. The molecule has 3 rings (SSSR count). The molecule has 0 N–H and O–H groups in total. The SMILES string of the molecule is Cn1c(SCCOc2ccc(F)cc2)nc2ccsc2c1=O. The first-order valence-corrected chi connectivity index (χ1v) is 8.47. The number of thiophene rings is 1. The van der Waals surface area contributed by atoms with Crippen LogP contribution in [-0.4, -0.2) is 21.9 Å². The maximum Gasteiger partial charge on any atom is 0.271 e. The molecule has 3 aromatic rings. The number of nitrogens with zero attached hydrogens (tertiary/aromatic N) is 2. The zero-order chi connectivity index (χ0) is 15.5. The zero-order valence-electron chi connectivity index (χ0n) is 11.8. The van der Waals surface area contributed by atoms with Crippen molar-refractivity contribution in [1.82, 2.24) is 9.55 Å². The molecular formula is C15H13FN2O2S2. The van der Waals surface area contributed by atoms with Crippen molar-refractivity contribution in [3.05, 3.63) is 51.9 Å². The van der Waals surface area contributed by atoms with E-state index in [1.54, 1.807) is 23.7 Å². The number of benzene rings is 1. The van der Waals surface area contributed by atoms with E-state index < -0.39 is 0 Å². The van der Waals surface area contributed by atoms with Gasteiger partial charge in [-0.25, -0.2) is 9.37 Å². The van der Waals surface area contributed by atoms with Crippen molar-refractivity contribution in [2.45, 2.75) is 5.16 Å². The topological polar surface area (TPSA) is 44.1 Å². The fraction of sp³-hybridized carbons (Fsp3) is 0.200. The maximum atomic E-state index is 12.8. The van der Waals surface area contributed by atoms with E-state index in [2.05, 4.69) is 4.98 Å². The lowest BCUT2D eigenvalue weighted by molar-refractivity contribution is 0.343. The summed E-state index contributed by atoms with van der Waals surface area (Å²) >= 11 is 2.86. The van der Waals surface area contributed by atoms with E-state index in [9.17, 15) is 9.18 Å². The van der Waals surface area contributed by atoms with E-state index in [0.29, 0.717) is 28.0 Å². The summed E-state index contributed by atoms with van der Waals surface area (Å²) in [6, 6.07) is 7.74. The molecule has 0 unspecified atom stereocenters. The highest BCUT2D eigenvalue weighted by Crippen LogP contribution is 2.20. The molecule has 0 radical (unpaired) electrons. The average molecular weight is 336 g/mol. The summed E-state index contributed by atoms with van der Waals surface area (Å²) in [4.78, 5) is 16.6. The monoisotopic (exact) mass is 336 g/mol. The molecule has 0 aliphatic heterocycles. The molecule has 0 saturated heterocycles. The number of hydrogen-bond acceptors (Lipinski definition) is 5. The van der Waals surface area contributed by atoms with Crippen molar-refractivity contribution in [3.8, 4) is 5.75 Å². The maximum absolute atomic E-state index is 12.8. The molecule has 0 bridgehead atoms. The summed E-state index contributed by atoms with van der Waals surface area (Å²) < 4.78 is 20.5. The minimum atomic E-state index is -0.287. The largest absolute Gasteiger partial charge is 0.493 e. The van der Waals surface area contributed by atoms with Crippen LogP contribution < -0.4 is 10.3 Å². The molecule has 22 heavy (non-hydrogen) atoms. The predicted molar refractivity (Wildman–Crippen MR) is 87.5 cm³/mol. The van der Waals surface area contributed by atoms with Gasteiger partial charge in [-0.1, -0.05) is 11.8 Å². The standard InChI is InChI=1S/C15H13FN2O2S2/c1-18-14(19)13-12(6-8-21-13)17-15(18)22-9-7-20-11-4-2-10(16)3-5-11/h2-6,8H,7,9H2,1H3. The summed E-state index contributed by atoms with van der Waals surface area (Å²) in [7, 11) is 1.72. The lowest BCUT2D eigenvalue weighted by Gasteiger charge is -2.08. The van der Waals surface area contributed by atoms with E-state index in [0.717, 1.165) is 5.52 Å². The molecule has 2 aromatic heterocycles. The second-order valence-corrected chi connectivity index (χ2v) is 6.52. The number of thioether (sulfide) groups is 1. The highest BCUT2D eigenvalue weighted by molar-refractivity contribution is 7.99. The minimum absolute atomic E-state index is 0.0260. The molecule has 0 amide bonds. The van der Waals surface area contributed by atoms with Gasteiger partial charge in [-0.3, -0.25) is 9.36 Å². The van der Waals surface area contributed by atoms with Crippen LogP contribution in [0.1, 0.15) is 0 Å². The Labute approximate surface area is 134 Å². The van der Waals surface area contributed by atoms with Crippen LogP contribution in [0, 0.1) is 5.82 Å². The van der Waals surface area contributed by atoms with Crippen LogP contribution in [0.5, 0.6) is 5.75 Å². The van der Waals surface area contributed by atoms with Crippen molar-refractivity contribution in [1.29, 1.82) is 0 Å². The van der Waals surface area contributed by atoms with Gasteiger partial charge in [0.05, 0.1) is 12.1 Å². The summed E-state index contributed by atoms with van der Waals surface area (Å²) in [5, 5.41) is 2.53. The smallest absolute Gasteiger partial charge is 0.271 e. The summed E-state index contributed by atoms with van der Waals surface area (Å²) in [6.45, 7) is 0.452. The third kappa shape index (κ3) is 3.15. The minimum Gasteiger partial charge on any atom is -0.493 e. The molecule has 0 aliphatic carbocycles. The van der Waals surface area contributed by atoms with Crippen molar-refractivity contribution in [2.75, 3.05) is 12.4 Å². The second-order valence-electron chi connectivity index (χ2n) is 4.54. The highest BCUT2D eigenvalue weighted by atomic mass is 32.2. The summed E-state index contributed by atoms with van der Waals surface area (Å²) in [6.07, 6.45) is 0. The van der Waals surface area contributed by atoms with Crippen LogP contribution >= 0.6 is 23.1 Å². The molecule has 7 heteroatoms. The van der Waals surface area contributed by atoms with E-state index in [4.69, 9.17) is 4.74 Å². The quantitative estimate of drug-likeness (QED) is 0.407. The molecule has 0 spiro atoms. The van der Waals surface area contributed by atoms with Gasteiger partial charge in [-0.05, 0) is 35.7 Å². The molecule has 4 nitrogen and oxygen atoms in total. The molecule has 1 aromatic carbocycles. The summed E-state index contributed by atoms with van der Waals surface area (Å²) in [5.74, 6) is 0.981. The lowest BCUT2D eigenvalue weighted by atomic mass is 10.3. The van der Waals surface area contributed by atoms with Gasteiger partial charge in [0, 0.05) is 12.8 Å². The van der Waals surface area contributed by atoms with E-state index in [-0.39, 0.29) is 11.4 Å². The molecule has 2 heterocycles. The van der Waals surface area contributed by atoms with Gasteiger partial charge < -0.3 is 4.74 Å². The fourth-order valence-corrected chi connectivity index (χ4v) is 3.51. The van der Waals surface area contributed by atoms with Crippen LogP contribution in [0.15, 0.2) is 45.7 Å². The normalized spacial score (nSPS) is 11.0. The van der Waals surface area contributed by atoms with Crippen LogP contribution in [0.25, 0.3) is 10.2 Å². The van der Waals surface area contributed by atoms with Gasteiger partial charge in [-0.2, -0.15) is 0 Å². The van der Waals surface area contributed by atoms with Gasteiger partial charge in [0.15, 0.2) is 5.16 Å². The average Bonchev–Trinajstić information content (AvgIpc) is 2.98. The molecule has 0 atom stereocenters. The Morgan fingerprint density at radius 3 is 2.86 bits per heavy atom. The third-order valence-corrected chi connectivity index (χ3v) is 4.93. The van der Waals surface area contributed by atoms with Gasteiger partial charge in [-0.15, -0.1) is 11.3 Å². The number of fused-ring (bicyclic) bond motifs is 1.